The summed E-state index contributed by atoms with van der Waals surface area (Å²) >= 11 is 0. The van der Waals surface area contributed by atoms with Crippen molar-refractivity contribution in [2.45, 2.75) is 6.92 Å². The molecule has 10 heavy (non-hydrogen) atoms. The van der Waals surface area contributed by atoms with Crippen LogP contribution in [0.5, 0.6) is 0 Å². The van der Waals surface area contributed by atoms with Gasteiger partial charge in [-0.25, -0.2) is 4.39 Å². The summed E-state index contributed by atoms with van der Waals surface area (Å²) in [5, 5.41) is 0. The first-order valence-corrected chi connectivity index (χ1v) is 2.93. The van der Waals surface area contributed by atoms with Gasteiger partial charge in [-0.2, -0.15) is 0 Å². The predicted molar refractivity (Wildman–Crippen MR) is 40.0 cm³/mol. The fraction of sp³-hybridized carbons (Fsp3) is 0.143. The van der Waals surface area contributed by atoms with Crippen LogP contribution in [0, 0.1) is 12.7 Å². The molecule has 0 amide bonds. The highest BCUT2D eigenvalue weighted by atomic mass is 19.1. The molecule has 2 nitrogen and oxygen atoms in total. The molecule has 1 aromatic carbocycles. The molecule has 0 aliphatic rings. The van der Waals surface area contributed by atoms with Gasteiger partial charge in [0.05, 0.1) is 5.69 Å². The molecule has 0 bridgehead atoms. The summed E-state index contributed by atoms with van der Waals surface area (Å²) in [6.45, 7) is 1.60. The van der Waals surface area contributed by atoms with Crippen LogP contribution >= 0.6 is 0 Å². The van der Waals surface area contributed by atoms with E-state index in [4.69, 9.17) is 11.5 Å². The SMILES string of the molecule is Cc1c(N)ccc(N)c1F. The van der Waals surface area contributed by atoms with Gasteiger partial charge in [-0.15, -0.1) is 0 Å². The summed E-state index contributed by atoms with van der Waals surface area (Å²) in [4.78, 5) is 0. The monoisotopic (exact) mass is 140 g/mol. The molecule has 4 N–H and O–H groups in total. The Bertz CT molecular complexity index is 231. The van der Waals surface area contributed by atoms with E-state index in [-0.39, 0.29) is 5.69 Å². The van der Waals surface area contributed by atoms with Crippen molar-refractivity contribution in [3.63, 3.8) is 0 Å². The molecule has 0 aliphatic carbocycles. The summed E-state index contributed by atoms with van der Waals surface area (Å²) in [6.07, 6.45) is 0. The second kappa shape index (κ2) is 2.17. The average Bonchev–Trinajstić information content (AvgIpc) is 1.93. The normalized spacial score (nSPS) is 9.80. The molecule has 0 heterocycles. The van der Waals surface area contributed by atoms with E-state index in [0.717, 1.165) is 0 Å². The minimum atomic E-state index is -0.417. The summed E-state index contributed by atoms with van der Waals surface area (Å²) in [7, 11) is 0. The summed E-state index contributed by atoms with van der Waals surface area (Å²) < 4.78 is 12.8. The maximum absolute atomic E-state index is 12.8. The smallest absolute Gasteiger partial charge is 0.151 e. The lowest BCUT2D eigenvalue weighted by atomic mass is 10.2. The molecule has 0 saturated carbocycles. The second-order valence-electron chi connectivity index (χ2n) is 2.18. The number of rotatable bonds is 0. The predicted octanol–water partition coefficient (Wildman–Crippen LogP) is 1.30. The number of halogens is 1. The lowest BCUT2D eigenvalue weighted by Crippen LogP contribution is -1.97. The topological polar surface area (TPSA) is 52.0 Å². The van der Waals surface area contributed by atoms with E-state index in [2.05, 4.69) is 0 Å². The fourth-order valence-corrected chi connectivity index (χ4v) is 0.721. The Labute approximate surface area is 58.6 Å². The van der Waals surface area contributed by atoms with Crippen LogP contribution in [0.3, 0.4) is 0 Å². The van der Waals surface area contributed by atoms with Crippen molar-refractivity contribution in [2.24, 2.45) is 0 Å². The maximum atomic E-state index is 12.8. The number of hydrogen-bond donors (Lipinski definition) is 2. The highest BCUT2D eigenvalue weighted by molar-refractivity contribution is 5.55. The highest BCUT2D eigenvalue weighted by Crippen LogP contribution is 2.19. The first kappa shape index (κ1) is 6.86. The molecule has 0 saturated heterocycles. The van der Waals surface area contributed by atoms with Gasteiger partial charge in [-0.3, -0.25) is 0 Å². The molecule has 3 heteroatoms. The second-order valence-corrected chi connectivity index (χ2v) is 2.18. The zero-order valence-corrected chi connectivity index (χ0v) is 5.69. The van der Waals surface area contributed by atoms with Gasteiger partial charge in [-0.05, 0) is 19.1 Å². The van der Waals surface area contributed by atoms with Gasteiger partial charge in [0.1, 0.15) is 0 Å². The molecule has 0 spiro atoms. The Morgan fingerprint density at radius 3 is 2.20 bits per heavy atom. The number of hydrogen-bond acceptors (Lipinski definition) is 2. The molecule has 0 atom stereocenters. The van der Waals surface area contributed by atoms with E-state index in [1.54, 1.807) is 13.0 Å². The van der Waals surface area contributed by atoms with E-state index in [0.29, 0.717) is 11.3 Å². The van der Waals surface area contributed by atoms with Gasteiger partial charge in [0.2, 0.25) is 0 Å². The Hall–Kier alpha value is -1.25. The van der Waals surface area contributed by atoms with Crippen molar-refractivity contribution in [1.82, 2.24) is 0 Å². The zero-order chi connectivity index (χ0) is 7.72. The lowest BCUT2D eigenvalue weighted by Gasteiger charge is -2.02. The summed E-state index contributed by atoms with van der Waals surface area (Å²) in [5.74, 6) is -0.417. The third-order valence-electron chi connectivity index (χ3n) is 1.46. The van der Waals surface area contributed by atoms with Gasteiger partial charge in [-0.1, -0.05) is 0 Å². The maximum Gasteiger partial charge on any atom is 0.151 e. The van der Waals surface area contributed by atoms with Gasteiger partial charge in [0.25, 0.3) is 0 Å². The Kier molecular flexibility index (Phi) is 1.49. The van der Waals surface area contributed by atoms with Crippen molar-refractivity contribution in [2.75, 3.05) is 11.5 Å². The summed E-state index contributed by atoms with van der Waals surface area (Å²) in [6, 6.07) is 3.05. The van der Waals surface area contributed by atoms with Crippen LogP contribution in [-0.2, 0) is 0 Å². The van der Waals surface area contributed by atoms with E-state index in [9.17, 15) is 4.39 Å². The van der Waals surface area contributed by atoms with Crippen molar-refractivity contribution in [3.05, 3.63) is 23.5 Å². The van der Waals surface area contributed by atoms with Crippen LogP contribution in [-0.4, -0.2) is 0 Å². The van der Waals surface area contributed by atoms with E-state index in [1.165, 1.54) is 6.07 Å². The van der Waals surface area contributed by atoms with Gasteiger partial charge >= 0.3 is 0 Å². The molecule has 0 aliphatic heterocycles. The van der Waals surface area contributed by atoms with Crippen LogP contribution in [0.15, 0.2) is 12.1 Å². The molecule has 0 aromatic heterocycles. The Morgan fingerprint density at radius 1 is 1.20 bits per heavy atom. The molecule has 1 rings (SSSR count). The third kappa shape index (κ3) is 0.900. The van der Waals surface area contributed by atoms with Gasteiger partial charge in [0, 0.05) is 11.3 Å². The molecule has 54 valence electrons. The zero-order valence-electron chi connectivity index (χ0n) is 5.69. The summed E-state index contributed by atoms with van der Waals surface area (Å²) in [5.41, 5.74) is 11.7. The number of anilines is 2. The Balaban J connectivity index is 3.34. The van der Waals surface area contributed by atoms with Crippen LogP contribution in [0.1, 0.15) is 5.56 Å². The van der Waals surface area contributed by atoms with E-state index >= 15 is 0 Å². The fourth-order valence-electron chi connectivity index (χ4n) is 0.721. The molecule has 0 unspecified atom stereocenters. The molecule has 1 aromatic rings. The molecular weight excluding hydrogens is 131 g/mol. The van der Waals surface area contributed by atoms with Crippen LogP contribution in [0.2, 0.25) is 0 Å². The van der Waals surface area contributed by atoms with Crippen LogP contribution in [0.25, 0.3) is 0 Å². The van der Waals surface area contributed by atoms with Crippen molar-refractivity contribution in [1.29, 1.82) is 0 Å². The first-order valence-electron chi connectivity index (χ1n) is 2.93. The number of nitrogen functional groups attached to an aromatic ring is 2. The largest absolute Gasteiger partial charge is 0.398 e. The first-order chi connectivity index (χ1) is 4.63. The minimum Gasteiger partial charge on any atom is -0.398 e. The quantitative estimate of drug-likeness (QED) is 0.533. The molecule has 0 fully saturated rings. The molecular formula is C7H9FN2. The van der Waals surface area contributed by atoms with Crippen LogP contribution in [0.4, 0.5) is 15.8 Å². The van der Waals surface area contributed by atoms with Gasteiger partial charge in [0.15, 0.2) is 5.82 Å². The van der Waals surface area contributed by atoms with Crippen molar-refractivity contribution in [3.8, 4) is 0 Å². The number of benzene rings is 1. The number of nitrogens with two attached hydrogens (primary N) is 2. The van der Waals surface area contributed by atoms with E-state index in [1.807, 2.05) is 0 Å². The van der Waals surface area contributed by atoms with Crippen molar-refractivity contribution >= 4 is 11.4 Å². The lowest BCUT2D eigenvalue weighted by molar-refractivity contribution is 0.624. The van der Waals surface area contributed by atoms with E-state index < -0.39 is 5.82 Å². The Morgan fingerprint density at radius 2 is 1.70 bits per heavy atom. The highest BCUT2D eigenvalue weighted by Gasteiger charge is 2.03. The van der Waals surface area contributed by atoms with Gasteiger partial charge < -0.3 is 11.5 Å². The molecule has 0 radical (unpaired) electrons. The average molecular weight is 140 g/mol. The minimum absolute atomic E-state index is 0.145. The third-order valence-corrected chi connectivity index (χ3v) is 1.46. The van der Waals surface area contributed by atoms with Crippen molar-refractivity contribution < 1.29 is 4.39 Å². The van der Waals surface area contributed by atoms with Crippen LogP contribution < -0.4 is 11.5 Å². The standard InChI is InChI=1S/C7H9FN2/c1-4-5(9)2-3-6(10)7(4)8/h2-3H,9-10H2,1H3.